The Morgan fingerprint density at radius 1 is 1.33 bits per heavy atom. The third kappa shape index (κ3) is 4.16. The van der Waals surface area contributed by atoms with Crippen LogP contribution < -0.4 is 0 Å². The van der Waals surface area contributed by atoms with Crippen LogP contribution in [0.5, 0.6) is 0 Å². The first-order valence-electron chi connectivity index (χ1n) is 4.64. The zero-order valence-electron chi connectivity index (χ0n) is 8.49. The van der Waals surface area contributed by atoms with Gasteiger partial charge in [-0.15, -0.1) is 0 Å². The summed E-state index contributed by atoms with van der Waals surface area (Å²) in [6.45, 7) is -0.354. The number of hydrogen-bond acceptors (Lipinski definition) is 2. The molecule has 2 nitrogen and oxygen atoms in total. The topological polar surface area (TPSA) is 20.3 Å². The van der Waals surface area contributed by atoms with Crippen LogP contribution >= 0.6 is 0 Å². The second kappa shape index (κ2) is 5.56. The van der Waals surface area contributed by atoms with Gasteiger partial charge in [0.1, 0.15) is 0 Å². The Hall–Kier alpha value is -1.29. The van der Waals surface area contributed by atoms with Gasteiger partial charge in [0.25, 0.3) is 6.43 Å². The van der Waals surface area contributed by atoms with Gasteiger partial charge < -0.3 is 0 Å². The van der Waals surface area contributed by atoms with Crippen molar-refractivity contribution in [3.63, 3.8) is 0 Å². The molecule has 0 atom stereocenters. The molecule has 0 fully saturated rings. The maximum absolute atomic E-state index is 12.0. The fourth-order valence-corrected chi connectivity index (χ4v) is 1.26. The minimum atomic E-state index is -2.40. The Morgan fingerprint density at radius 3 is 2.47 bits per heavy atom. The minimum Gasteiger partial charge on any atom is -0.293 e. The van der Waals surface area contributed by atoms with Crippen LogP contribution in [0.2, 0.25) is 0 Å². The quantitative estimate of drug-likeness (QED) is 0.698. The van der Waals surface area contributed by atoms with Crippen LogP contribution in [0.3, 0.4) is 0 Å². The maximum Gasteiger partial charge on any atom is 0.251 e. The molecule has 0 aliphatic heterocycles. The summed E-state index contributed by atoms with van der Waals surface area (Å²) in [5, 5.41) is 0. The highest BCUT2D eigenvalue weighted by molar-refractivity contribution is 5.97. The van der Waals surface area contributed by atoms with Crippen LogP contribution in [0, 0.1) is 0 Å². The van der Waals surface area contributed by atoms with Gasteiger partial charge in [-0.25, -0.2) is 8.78 Å². The van der Waals surface area contributed by atoms with Crippen LogP contribution in [0.25, 0.3) is 0 Å². The maximum atomic E-state index is 12.0. The monoisotopic (exact) mass is 213 g/mol. The summed E-state index contributed by atoms with van der Waals surface area (Å²) in [5.41, 5.74) is 0.554. The molecule has 0 saturated carbocycles. The van der Waals surface area contributed by atoms with Crippen molar-refractivity contribution >= 4 is 5.78 Å². The average Bonchev–Trinajstić information content (AvgIpc) is 2.17. The summed E-state index contributed by atoms with van der Waals surface area (Å²) in [5.74, 6) is -0.140. The second-order valence-corrected chi connectivity index (χ2v) is 3.38. The molecule has 1 rings (SSSR count). The molecule has 0 heterocycles. The summed E-state index contributed by atoms with van der Waals surface area (Å²) in [6.07, 6.45) is -2.40. The van der Waals surface area contributed by atoms with E-state index in [-0.39, 0.29) is 18.9 Å². The van der Waals surface area contributed by atoms with E-state index in [1.54, 1.807) is 30.3 Å². The second-order valence-electron chi connectivity index (χ2n) is 3.38. The van der Waals surface area contributed by atoms with Gasteiger partial charge in [0.2, 0.25) is 0 Å². The van der Waals surface area contributed by atoms with E-state index in [1.807, 2.05) is 0 Å². The normalized spacial score (nSPS) is 11.0. The first-order chi connectivity index (χ1) is 7.09. The lowest BCUT2D eigenvalue weighted by atomic mass is 10.1. The molecule has 15 heavy (non-hydrogen) atoms. The standard InChI is InChI=1S/C11H13F2NO/c1-14(8-11(12)13)7-10(15)9-5-3-2-4-6-9/h2-6,11H,7-8H2,1H3. The number of rotatable bonds is 5. The molecule has 0 saturated heterocycles. The van der Waals surface area contributed by atoms with E-state index in [0.717, 1.165) is 0 Å². The van der Waals surface area contributed by atoms with E-state index in [4.69, 9.17) is 0 Å². The highest BCUT2D eigenvalue weighted by Crippen LogP contribution is 2.02. The zero-order valence-corrected chi connectivity index (χ0v) is 8.49. The molecular weight excluding hydrogens is 200 g/mol. The van der Waals surface area contributed by atoms with Crippen LogP contribution in [-0.4, -0.2) is 37.2 Å². The van der Waals surface area contributed by atoms with E-state index < -0.39 is 6.43 Å². The number of benzene rings is 1. The predicted octanol–water partition coefficient (Wildman–Crippen LogP) is 2.07. The van der Waals surface area contributed by atoms with Gasteiger partial charge in [-0.1, -0.05) is 30.3 Å². The summed E-state index contributed by atoms with van der Waals surface area (Å²) in [4.78, 5) is 12.9. The highest BCUT2D eigenvalue weighted by atomic mass is 19.3. The van der Waals surface area contributed by atoms with Crippen molar-refractivity contribution in [2.45, 2.75) is 6.43 Å². The van der Waals surface area contributed by atoms with Crippen molar-refractivity contribution < 1.29 is 13.6 Å². The number of hydrogen-bond donors (Lipinski definition) is 0. The minimum absolute atomic E-state index is 0.0222. The smallest absolute Gasteiger partial charge is 0.251 e. The number of ketones is 1. The Labute approximate surface area is 87.5 Å². The first kappa shape index (κ1) is 11.8. The summed E-state index contributed by atoms with van der Waals surface area (Å²) in [6, 6.07) is 8.66. The van der Waals surface area contributed by atoms with Crippen LogP contribution in [0.4, 0.5) is 8.78 Å². The van der Waals surface area contributed by atoms with Crippen molar-refractivity contribution in [2.24, 2.45) is 0 Å². The molecule has 0 spiro atoms. The number of carbonyl (C=O) groups excluding carboxylic acids is 1. The van der Waals surface area contributed by atoms with Crippen molar-refractivity contribution in [2.75, 3.05) is 20.1 Å². The van der Waals surface area contributed by atoms with E-state index in [2.05, 4.69) is 0 Å². The average molecular weight is 213 g/mol. The molecule has 0 radical (unpaired) electrons. The molecule has 0 N–H and O–H groups in total. The van der Waals surface area contributed by atoms with Crippen LogP contribution in [-0.2, 0) is 0 Å². The lowest BCUT2D eigenvalue weighted by Gasteiger charge is -2.14. The Balaban J connectivity index is 2.49. The summed E-state index contributed by atoms with van der Waals surface area (Å²) >= 11 is 0. The molecule has 1 aromatic rings. The number of carbonyl (C=O) groups is 1. The molecule has 0 amide bonds. The molecule has 4 heteroatoms. The summed E-state index contributed by atoms with van der Waals surface area (Å²) < 4.78 is 24.0. The van der Waals surface area contributed by atoms with E-state index in [0.29, 0.717) is 5.56 Å². The van der Waals surface area contributed by atoms with Crippen LogP contribution in [0.15, 0.2) is 30.3 Å². The summed E-state index contributed by atoms with van der Waals surface area (Å²) in [7, 11) is 1.51. The van der Waals surface area contributed by atoms with Gasteiger partial charge in [0.05, 0.1) is 13.1 Å². The zero-order chi connectivity index (χ0) is 11.3. The number of halogens is 2. The molecule has 0 bridgehead atoms. The largest absolute Gasteiger partial charge is 0.293 e. The molecule has 0 aromatic heterocycles. The van der Waals surface area contributed by atoms with Crippen LogP contribution in [0.1, 0.15) is 10.4 Å². The molecule has 0 aliphatic carbocycles. The molecule has 82 valence electrons. The van der Waals surface area contributed by atoms with Crippen molar-refractivity contribution in [1.82, 2.24) is 4.90 Å². The van der Waals surface area contributed by atoms with Gasteiger partial charge in [-0.2, -0.15) is 0 Å². The first-order valence-corrected chi connectivity index (χ1v) is 4.64. The number of Topliss-reactive ketones (excluding diaryl/α,β-unsaturated/α-hetero) is 1. The predicted molar refractivity (Wildman–Crippen MR) is 54.3 cm³/mol. The fraction of sp³-hybridized carbons (Fsp3) is 0.364. The SMILES string of the molecule is CN(CC(=O)c1ccccc1)CC(F)F. The lowest BCUT2D eigenvalue weighted by molar-refractivity contribution is 0.0820. The highest BCUT2D eigenvalue weighted by Gasteiger charge is 2.12. The number of likely N-dealkylation sites (N-methyl/N-ethyl adjacent to an activating group) is 1. The fourth-order valence-electron chi connectivity index (χ4n) is 1.26. The van der Waals surface area contributed by atoms with Crippen molar-refractivity contribution in [3.05, 3.63) is 35.9 Å². The van der Waals surface area contributed by atoms with E-state index in [1.165, 1.54) is 11.9 Å². The van der Waals surface area contributed by atoms with Crippen molar-refractivity contribution in [1.29, 1.82) is 0 Å². The third-order valence-electron chi connectivity index (χ3n) is 1.96. The van der Waals surface area contributed by atoms with E-state index in [9.17, 15) is 13.6 Å². The molecule has 0 aliphatic rings. The van der Waals surface area contributed by atoms with Crippen molar-refractivity contribution in [3.8, 4) is 0 Å². The molecule has 1 aromatic carbocycles. The van der Waals surface area contributed by atoms with Gasteiger partial charge in [0.15, 0.2) is 5.78 Å². The van der Waals surface area contributed by atoms with Gasteiger partial charge in [0, 0.05) is 5.56 Å². The lowest BCUT2D eigenvalue weighted by Crippen LogP contribution is -2.30. The van der Waals surface area contributed by atoms with Gasteiger partial charge in [-0.3, -0.25) is 9.69 Å². The van der Waals surface area contributed by atoms with Gasteiger partial charge >= 0.3 is 0 Å². The Kier molecular flexibility index (Phi) is 4.37. The molecule has 0 unspecified atom stereocenters. The molecular formula is C11H13F2NO. The Bertz CT molecular complexity index is 314. The number of nitrogens with zero attached hydrogens (tertiary/aromatic N) is 1. The van der Waals surface area contributed by atoms with E-state index >= 15 is 0 Å². The number of alkyl halides is 2. The Morgan fingerprint density at radius 2 is 1.93 bits per heavy atom. The van der Waals surface area contributed by atoms with Gasteiger partial charge in [-0.05, 0) is 7.05 Å². The third-order valence-corrected chi connectivity index (χ3v) is 1.96.